The maximum atomic E-state index is 4.39. The summed E-state index contributed by atoms with van der Waals surface area (Å²) in [7, 11) is 0. The average molecular weight is 346 g/mol. The highest BCUT2D eigenvalue weighted by Gasteiger charge is 1.99. The van der Waals surface area contributed by atoms with Crippen LogP contribution < -0.4 is 5.32 Å². The van der Waals surface area contributed by atoms with Gasteiger partial charge in [0.2, 0.25) is 5.95 Å². The topological polar surface area (TPSA) is 50.7 Å². The number of anilines is 1. The minimum Gasteiger partial charge on any atom is -0.354 e. The highest BCUT2D eigenvalue weighted by atomic mass is 127. The number of nitrogens with one attached hydrogen (secondary N) is 1. The number of hydrogen-bond acceptors (Lipinski definition) is 5. The first-order valence-electron chi connectivity index (χ1n) is 4.86. The fourth-order valence-electron chi connectivity index (χ4n) is 1.23. The third kappa shape index (κ3) is 3.38. The molecule has 2 aromatic heterocycles. The van der Waals surface area contributed by atoms with E-state index in [-0.39, 0.29) is 0 Å². The maximum Gasteiger partial charge on any atom is 0.222 e. The average Bonchev–Trinajstić information content (AvgIpc) is 2.67. The van der Waals surface area contributed by atoms with Gasteiger partial charge in [-0.05, 0) is 29.5 Å². The van der Waals surface area contributed by atoms with Gasteiger partial charge in [0.1, 0.15) is 0 Å². The van der Waals surface area contributed by atoms with Crippen molar-refractivity contribution in [3.05, 3.63) is 32.0 Å². The van der Waals surface area contributed by atoms with Crippen LogP contribution in [0.4, 0.5) is 5.95 Å². The van der Waals surface area contributed by atoms with Crippen molar-refractivity contribution in [3.8, 4) is 0 Å². The SMILES string of the molecule is Cc1nc(CCNc2ncc(I)cn2)cs1. The highest BCUT2D eigenvalue weighted by Crippen LogP contribution is 2.08. The molecule has 1 N–H and O–H groups in total. The van der Waals surface area contributed by atoms with Crippen molar-refractivity contribution in [3.63, 3.8) is 0 Å². The van der Waals surface area contributed by atoms with E-state index in [9.17, 15) is 0 Å². The van der Waals surface area contributed by atoms with Crippen LogP contribution in [0.25, 0.3) is 0 Å². The van der Waals surface area contributed by atoms with Gasteiger partial charge in [0.25, 0.3) is 0 Å². The number of halogens is 1. The van der Waals surface area contributed by atoms with E-state index in [4.69, 9.17) is 0 Å². The zero-order valence-corrected chi connectivity index (χ0v) is 11.7. The van der Waals surface area contributed by atoms with Crippen molar-refractivity contribution in [1.29, 1.82) is 0 Å². The fourth-order valence-corrected chi connectivity index (χ4v) is 2.15. The highest BCUT2D eigenvalue weighted by molar-refractivity contribution is 14.1. The molecule has 16 heavy (non-hydrogen) atoms. The Morgan fingerprint density at radius 1 is 1.38 bits per heavy atom. The molecule has 4 nitrogen and oxygen atoms in total. The van der Waals surface area contributed by atoms with Crippen molar-refractivity contribution in [2.75, 3.05) is 11.9 Å². The Kier molecular flexibility index (Phi) is 4.05. The molecular formula is C10H11IN4S. The Hall–Kier alpha value is -0.760. The third-order valence-corrected chi connectivity index (χ3v) is 3.33. The van der Waals surface area contributed by atoms with Crippen LogP contribution in [0.3, 0.4) is 0 Å². The number of aromatic nitrogens is 3. The van der Waals surface area contributed by atoms with Crippen LogP contribution in [0, 0.1) is 10.5 Å². The van der Waals surface area contributed by atoms with E-state index in [0.717, 1.165) is 27.2 Å². The van der Waals surface area contributed by atoms with Crippen molar-refractivity contribution in [2.24, 2.45) is 0 Å². The molecule has 0 atom stereocenters. The van der Waals surface area contributed by atoms with Gasteiger partial charge in [-0.2, -0.15) is 0 Å². The van der Waals surface area contributed by atoms with E-state index >= 15 is 0 Å². The molecule has 2 rings (SSSR count). The number of thiazole rings is 1. The minimum absolute atomic E-state index is 0.673. The van der Waals surface area contributed by atoms with E-state index in [1.165, 1.54) is 0 Å². The van der Waals surface area contributed by atoms with Gasteiger partial charge in [0.05, 0.1) is 10.7 Å². The summed E-state index contributed by atoms with van der Waals surface area (Å²) in [5, 5.41) is 6.37. The van der Waals surface area contributed by atoms with Gasteiger partial charge < -0.3 is 5.32 Å². The molecule has 84 valence electrons. The predicted molar refractivity (Wildman–Crippen MR) is 73.8 cm³/mol. The van der Waals surface area contributed by atoms with Crippen molar-refractivity contribution in [2.45, 2.75) is 13.3 Å². The van der Waals surface area contributed by atoms with Crippen LogP contribution in [0.1, 0.15) is 10.7 Å². The van der Waals surface area contributed by atoms with Gasteiger partial charge in [0, 0.05) is 34.3 Å². The summed E-state index contributed by atoms with van der Waals surface area (Å²) in [6.07, 6.45) is 4.49. The van der Waals surface area contributed by atoms with E-state index in [1.54, 1.807) is 23.7 Å². The molecule has 0 fully saturated rings. The molecular weight excluding hydrogens is 335 g/mol. The smallest absolute Gasteiger partial charge is 0.222 e. The molecule has 0 aromatic carbocycles. The number of nitrogens with zero attached hydrogens (tertiary/aromatic N) is 3. The van der Waals surface area contributed by atoms with E-state index < -0.39 is 0 Å². The van der Waals surface area contributed by atoms with E-state index in [0.29, 0.717) is 5.95 Å². The normalized spacial score (nSPS) is 10.4. The second-order valence-corrected chi connectivity index (χ2v) is 5.57. The van der Waals surface area contributed by atoms with Crippen LogP contribution in [0.5, 0.6) is 0 Å². The number of hydrogen-bond donors (Lipinski definition) is 1. The van der Waals surface area contributed by atoms with Crippen LogP contribution >= 0.6 is 33.9 Å². The molecule has 0 unspecified atom stereocenters. The zero-order valence-electron chi connectivity index (χ0n) is 8.77. The molecule has 0 aliphatic carbocycles. The Morgan fingerprint density at radius 3 is 2.75 bits per heavy atom. The summed E-state index contributed by atoms with van der Waals surface area (Å²) in [5.41, 5.74) is 1.13. The Bertz CT molecular complexity index is 454. The molecule has 0 spiro atoms. The minimum atomic E-state index is 0.673. The summed E-state index contributed by atoms with van der Waals surface area (Å²) in [5.74, 6) is 0.673. The van der Waals surface area contributed by atoms with Crippen LogP contribution in [0.2, 0.25) is 0 Å². The van der Waals surface area contributed by atoms with Crippen LogP contribution in [-0.2, 0) is 6.42 Å². The second kappa shape index (κ2) is 5.53. The molecule has 0 aliphatic rings. The van der Waals surface area contributed by atoms with E-state index in [2.05, 4.69) is 48.2 Å². The van der Waals surface area contributed by atoms with Crippen molar-refractivity contribution >= 4 is 39.9 Å². The third-order valence-electron chi connectivity index (χ3n) is 1.95. The second-order valence-electron chi connectivity index (χ2n) is 3.26. The largest absolute Gasteiger partial charge is 0.354 e. The van der Waals surface area contributed by atoms with Gasteiger partial charge in [-0.3, -0.25) is 0 Å². The summed E-state index contributed by atoms with van der Waals surface area (Å²) < 4.78 is 1.04. The molecule has 0 saturated heterocycles. The quantitative estimate of drug-likeness (QED) is 0.865. The first kappa shape index (κ1) is 11.7. The summed E-state index contributed by atoms with van der Waals surface area (Å²) >= 11 is 3.87. The lowest BCUT2D eigenvalue weighted by Gasteiger charge is -2.02. The lowest BCUT2D eigenvalue weighted by molar-refractivity contribution is 0.945. The monoisotopic (exact) mass is 346 g/mol. The molecule has 0 aliphatic heterocycles. The van der Waals surface area contributed by atoms with Gasteiger partial charge in [-0.1, -0.05) is 0 Å². The van der Waals surface area contributed by atoms with Gasteiger partial charge in [-0.15, -0.1) is 11.3 Å². The summed E-state index contributed by atoms with van der Waals surface area (Å²) in [6, 6.07) is 0. The molecule has 0 bridgehead atoms. The number of rotatable bonds is 4. The van der Waals surface area contributed by atoms with Gasteiger partial charge in [-0.25, -0.2) is 15.0 Å². The summed E-state index contributed by atoms with van der Waals surface area (Å²) in [4.78, 5) is 12.7. The predicted octanol–water partition coefficient (Wildman–Crippen LogP) is 2.50. The van der Waals surface area contributed by atoms with Crippen molar-refractivity contribution in [1.82, 2.24) is 15.0 Å². The molecule has 0 saturated carbocycles. The lowest BCUT2D eigenvalue weighted by atomic mass is 10.3. The maximum absolute atomic E-state index is 4.39. The molecule has 2 aromatic rings. The molecule has 0 amide bonds. The summed E-state index contributed by atoms with van der Waals surface area (Å²) in [6.45, 7) is 2.83. The Labute approximate surface area is 112 Å². The van der Waals surface area contributed by atoms with E-state index in [1.807, 2.05) is 6.92 Å². The molecule has 2 heterocycles. The first-order valence-corrected chi connectivity index (χ1v) is 6.82. The lowest BCUT2D eigenvalue weighted by Crippen LogP contribution is -2.08. The molecule has 6 heteroatoms. The Morgan fingerprint density at radius 2 is 2.12 bits per heavy atom. The fraction of sp³-hybridized carbons (Fsp3) is 0.300. The van der Waals surface area contributed by atoms with Crippen LogP contribution in [-0.4, -0.2) is 21.5 Å². The molecule has 0 radical (unpaired) electrons. The van der Waals surface area contributed by atoms with Crippen LogP contribution in [0.15, 0.2) is 17.8 Å². The first-order chi connectivity index (χ1) is 7.74. The van der Waals surface area contributed by atoms with Crippen molar-refractivity contribution < 1.29 is 0 Å². The standard InChI is InChI=1S/C10H11IN4S/c1-7-15-9(6-16-7)2-3-12-10-13-4-8(11)5-14-10/h4-6H,2-3H2,1H3,(H,12,13,14). The van der Waals surface area contributed by atoms with Gasteiger partial charge >= 0.3 is 0 Å². The Balaban J connectivity index is 1.82. The zero-order chi connectivity index (χ0) is 11.4. The van der Waals surface area contributed by atoms with Gasteiger partial charge in [0.15, 0.2) is 0 Å². The number of aryl methyl sites for hydroxylation is 1.